The maximum atomic E-state index is 13.2. The van der Waals surface area contributed by atoms with Gasteiger partial charge in [0.15, 0.2) is 0 Å². The van der Waals surface area contributed by atoms with Gasteiger partial charge in [-0.3, -0.25) is 9.80 Å². The Morgan fingerprint density at radius 3 is 2.59 bits per heavy atom. The zero-order valence-corrected chi connectivity index (χ0v) is 17.4. The second-order valence-corrected chi connectivity index (χ2v) is 7.74. The Labute approximate surface area is 176 Å². The Morgan fingerprint density at radius 1 is 1.10 bits per heavy atom. The van der Waals surface area contributed by atoms with Gasteiger partial charge in [-0.2, -0.15) is 0 Å². The van der Waals surface area contributed by atoms with Crippen molar-refractivity contribution < 1.29 is 19.0 Å². The molecular formula is C22H28ClFN2O3. The number of β-amino-alcohol motifs (C(OH)–C–C–N with tert-alkyl or cyclic N) is 1. The molecule has 0 aromatic heterocycles. The SMILES string of the molecule is COc1cccc(COCC(O)CN2CCN(Cc3ccc(F)cc3Cl)CC2)c1. The fraction of sp³-hybridized carbons (Fsp3) is 0.455. The summed E-state index contributed by atoms with van der Waals surface area (Å²) in [4.78, 5) is 4.53. The van der Waals surface area contributed by atoms with E-state index in [2.05, 4.69) is 9.80 Å². The highest BCUT2D eigenvalue weighted by molar-refractivity contribution is 6.31. The van der Waals surface area contributed by atoms with E-state index in [4.69, 9.17) is 21.1 Å². The molecule has 0 bridgehead atoms. The van der Waals surface area contributed by atoms with Crippen LogP contribution in [0.25, 0.3) is 0 Å². The predicted molar refractivity (Wildman–Crippen MR) is 112 cm³/mol. The Bertz CT molecular complexity index is 784. The van der Waals surface area contributed by atoms with Gasteiger partial charge in [0.1, 0.15) is 11.6 Å². The fourth-order valence-corrected chi connectivity index (χ4v) is 3.67. The molecule has 1 N–H and O–H groups in total. The first-order chi connectivity index (χ1) is 14.0. The molecule has 1 unspecified atom stereocenters. The topological polar surface area (TPSA) is 45.2 Å². The fourth-order valence-electron chi connectivity index (χ4n) is 3.45. The Hall–Kier alpha value is -1.70. The molecule has 5 nitrogen and oxygen atoms in total. The van der Waals surface area contributed by atoms with Crippen LogP contribution in [-0.2, 0) is 17.9 Å². The molecule has 0 spiro atoms. The van der Waals surface area contributed by atoms with Gasteiger partial charge in [-0.25, -0.2) is 4.39 Å². The average molecular weight is 423 g/mol. The van der Waals surface area contributed by atoms with E-state index >= 15 is 0 Å². The molecule has 29 heavy (non-hydrogen) atoms. The first-order valence-electron chi connectivity index (χ1n) is 9.81. The maximum Gasteiger partial charge on any atom is 0.124 e. The number of ether oxygens (including phenoxy) is 2. The number of halogens is 2. The normalized spacial score (nSPS) is 16.7. The lowest BCUT2D eigenvalue weighted by molar-refractivity contribution is 0.000852. The zero-order chi connectivity index (χ0) is 20.6. The van der Waals surface area contributed by atoms with Crippen molar-refractivity contribution >= 4 is 11.6 Å². The largest absolute Gasteiger partial charge is 0.497 e. The van der Waals surface area contributed by atoms with Gasteiger partial charge in [0, 0.05) is 44.3 Å². The summed E-state index contributed by atoms with van der Waals surface area (Å²) in [5, 5.41) is 10.8. The van der Waals surface area contributed by atoms with E-state index in [-0.39, 0.29) is 5.82 Å². The van der Waals surface area contributed by atoms with E-state index in [1.54, 1.807) is 13.2 Å². The van der Waals surface area contributed by atoms with Crippen molar-refractivity contribution in [3.8, 4) is 5.75 Å². The number of aliphatic hydroxyl groups is 1. The molecule has 1 saturated heterocycles. The number of benzene rings is 2. The molecule has 2 aromatic rings. The number of hydrogen-bond acceptors (Lipinski definition) is 5. The van der Waals surface area contributed by atoms with Crippen LogP contribution in [-0.4, -0.2) is 67.5 Å². The minimum absolute atomic E-state index is 0.294. The van der Waals surface area contributed by atoms with E-state index < -0.39 is 6.10 Å². The number of piperazine rings is 1. The zero-order valence-electron chi connectivity index (χ0n) is 16.7. The molecule has 1 atom stereocenters. The van der Waals surface area contributed by atoms with Gasteiger partial charge in [-0.05, 0) is 35.4 Å². The second kappa shape index (κ2) is 10.9. The van der Waals surface area contributed by atoms with Crippen LogP contribution in [0.15, 0.2) is 42.5 Å². The number of methoxy groups -OCH3 is 1. The molecule has 3 rings (SSSR count). The third-order valence-electron chi connectivity index (χ3n) is 5.06. The van der Waals surface area contributed by atoms with E-state index in [1.165, 1.54) is 12.1 Å². The van der Waals surface area contributed by atoms with Crippen molar-refractivity contribution in [2.75, 3.05) is 46.4 Å². The van der Waals surface area contributed by atoms with Crippen molar-refractivity contribution in [1.82, 2.24) is 9.80 Å². The van der Waals surface area contributed by atoms with E-state index in [0.29, 0.717) is 31.3 Å². The minimum atomic E-state index is -0.529. The molecule has 0 radical (unpaired) electrons. The van der Waals surface area contributed by atoms with Crippen molar-refractivity contribution in [3.63, 3.8) is 0 Å². The molecule has 2 aromatic carbocycles. The molecular weight excluding hydrogens is 395 g/mol. The minimum Gasteiger partial charge on any atom is -0.497 e. The van der Waals surface area contributed by atoms with Crippen LogP contribution < -0.4 is 4.74 Å². The highest BCUT2D eigenvalue weighted by atomic mass is 35.5. The van der Waals surface area contributed by atoms with Crippen LogP contribution in [0.3, 0.4) is 0 Å². The average Bonchev–Trinajstić information content (AvgIpc) is 2.71. The van der Waals surface area contributed by atoms with Crippen LogP contribution in [0.5, 0.6) is 5.75 Å². The molecule has 0 saturated carbocycles. The molecule has 0 amide bonds. The van der Waals surface area contributed by atoms with Gasteiger partial charge in [0.25, 0.3) is 0 Å². The summed E-state index contributed by atoms with van der Waals surface area (Å²) in [5.41, 5.74) is 1.96. The first-order valence-corrected chi connectivity index (χ1v) is 10.2. The highest BCUT2D eigenvalue weighted by Gasteiger charge is 2.20. The highest BCUT2D eigenvalue weighted by Crippen LogP contribution is 2.20. The molecule has 1 fully saturated rings. The number of rotatable bonds is 9. The van der Waals surface area contributed by atoms with Gasteiger partial charge in [0.05, 0.1) is 26.4 Å². The molecule has 1 heterocycles. The van der Waals surface area contributed by atoms with Crippen LogP contribution >= 0.6 is 11.6 Å². The van der Waals surface area contributed by atoms with Crippen molar-refractivity contribution in [3.05, 3.63) is 64.4 Å². The summed E-state index contributed by atoms with van der Waals surface area (Å²) in [6, 6.07) is 12.3. The second-order valence-electron chi connectivity index (χ2n) is 7.33. The summed E-state index contributed by atoms with van der Waals surface area (Å²) >= 11 is 6.12. The molecule has 7 heteroatoms. The van der Waals surface area contributed by atoms with Crippen LogP contribution in [0.1, 0.15) is 11.1 Å². The van der Waals surface area contributed by atoms with Gasteiger partial charge in [-0.15, -0.1) is 0 Å². The Kier molecular flexibility index (Phi) is 8.27. The van der Waals surface area contributed by atoms with Crippen molar-refractivity contribution in [2.24, 2.45) is 0 Å². The number of hydrogen-bond donors (Lipinski definition) is 1. The first kappa shape index (κ1) is 22.0. The van der Waals surface area contributed by atoms with Gasteiger partial charge >= 0.3 is 0 Å². The summed E-state index contributed by atoms with van der Waals surface area (Å²) < 4.78 is 24.0. The summed E-state index contributed by atoms with van der Waals surface area (Å²) in [6.45, 7) is 5.53. The van der Waals surface area contributed by atoms with Crippen LogP contribution in [0, 0.1) is 5.82 Å². The Balaban J connectivity index is 1.35. The number of nitrogens with zero attached hydrogens (tertiary/aromatic N) is 2. The Morgan fingerprint density at radius 2 is 1.86 bits per heavy atom. The summed E-state index contributed by atoms with van der Waals surface area (Å²) in [7, 11) is 1.64. The monoisotopic (exact) mass is 422 g/mol. The third kappa shape index (κ3) is 6.94. The van der Waals surface area contributed by atoms with Crippen molar-refractivity contribution in [1.29, 1.82) is 0 Å². The lowest BCUT2D eigenvalue weighted by Crippen LogP contribution is -2.48. The van der Waals surface area contributed by atoms with E-state index in [1.807, 2.05) is 24.3 Å². The third-order valence-corrected chi connectivity index (χ3v) is 5.41. The molecule has 1 aliphatic heterocycles. The van der Waals surface area contributed by atoms with Gasteiger partial charge in [-0.1, -0.05) is 29.8 Å². The smallest absolute Gasteiger partial charge is 0.124 e. The number of aliphatic hydroxyl groups excluding tert-OH is 1. The molecule has 0 aliphatic carbocycles. The molecule has 1 aliphatic rings. The summed E-state index contributed by atoms with van der Waals surface area (Å²) in [5.74, 6) is 0.484. The standard InChI is InChI=1S/C22H28ClFN2O3/c1-28-21-4-2-3-17(11-21)15-29-16-20(27)14-26-9-7-25(8-10-26)13-18-5-6-19(24)12-22(18)23/h2-6,11-12,20,27H,7-10,13-16H2,1H3. The predicted octanol–water partition coefficient (Wildman–Crippen LogP) is 3.18. The van der Waals surface area contributed by atoms with Crippen LogP contribution in [0.2, 0.25) is 5.02 Å². The van der Waals surface area contributed by atoms with Gasteiger partial charge in [0.2, 0.25) is 0 Å². The quantitative estimate of drug-likeness (QED) is 0.672. The van der Waals surface area contributed by atoms with Crippen molar-refractivity contribution in [2.45, 2.75) is 19.3 Å². The van der Waals surface area contributed by atoms with E-state index in [9.17, 15) is 9.50 Å². The maximum absolute atomic E-state index is 13.2. The van der Waals surface area contributed by atoms with E-state index in [0.717, 1.165) is 43.1 Å². The van der Waals surface area contributed by atoms with Crippen LogP contribution in [0.4, 0.5) is 4.39 Å². The molecule has 158 valence electrons. The lowest BCUT2D eigenvalue weighted by Gasteiger charge is -2.35. The lowest BCUT2D eigenvalue weighted by atomic mass is 10.2. The summed E-state index contributed by atoms with van der Waals surface area (Å²) in [6.07, 6.45) is -0.529. The van der Waals surface area contributed by atoms with Gasteiger partial charge < -0.3 is 14.6 Å².